The molecule has 1 heterocycles. The largest absolute Gasteiger partial charge is 0.312 e. The highest BCUT2D eigenvalue weighted by atomic mass is 32.2. The molecule has 0 saturated heterocycles. The second kappa shape index (κ2) is 5.64. The van der Waals surface area contributed by atoms with Crippen LogP contribution in [0.25, 0.3) is 0 Å². The third kappa shape index (κ3) is 3.81. The van der Waals surface area contributed by atoms with Crippen molar-refractivity contribution in [2.75, 3.05) is 12.8 Å². The van der Waals surface area contributed by atoms with Gasteiger partial charge in [-0.05, 0) is 26.8 Å². The highest BCUT2D eigenvalue weighted by Gasteiger charge is 2.17. The smallest absolute Gasteiger partial charge is 0.178 e. The summed E-state index contributed by atoms with van der Waals surface area (Å²) in [5.74, 6) is 0. The Bertz CT molecular complexity index is 453. The molecule has 1 rings (SSSR count). The van der Waals surface area contributed by atoms with Crippen molar-refractivity contribution in [3.05, 3.63) is 12.4 Å². The van der Waals surface area contributed by atoms with Crippen molar-refractivity contribution < 1.29 is 8.42 Å². The second-order valence-electron chi connectivity index (χ2n) is 4.41. The maximum absolute atomic E-state index is 11.3. The molecular formula is C11H21N3O2S. The maximum atomic E-state index is 11.3. The Kier molecular flexibility index (Phi) is 4.70. The summed E-state index contributed by atoms with van der Waals surface area (Å²) in [4.78, 5) is 0.270. The van der Waals surface area contributed by atoms with Crippen LogP contribution in [0.15, 0.2) is 17.3 Å². The van der Waals surface area contributed by atoms with Crippen LogP contribution in [0.2, 0.25) is 0 Å². The van der Waals surface area contributed by atoms with Crippen LogP contribution < -0.4 is 5.32 Å². The van der Waals surface area contributed by atoms with E-state index in [0.717, 1.165) is 13.0 Å². The lowest BCUT2D eigenvalue weighted by molar-refractivity contribution is 0.366. The fourth-order valence-corrected chi connectivity index (χ4v) is 2.04. The van der Waals surface area contributed by atoms with Gasteiger partial charge in [0.05, 0.1) is 12.2 Å². The SMILES string of the molecule is CCCNC(C)C(C)n1cc(S(C)(=O)=O)cn1. The molecule has 1 aromatic rings. The van der Waals surface area contributed by atoms with Gasteiger partial charge in [-0.2, -0.15) is 5.10 Å². The van der Waals surface area contributed by atoms with Gasteiger partial charge in [0.15, 0.2) is 9.84 Å². The molecule has 5 nitrogen and oxygen atoms in total. The van der Waals surface area contributed by atoms with Gasteiger partial charge in [-0.25, -0.2) is 8.42 Å². The summed E-state index contributed by atoms with van der Waals surface area (Å²) in [6.07, 6.45) is 5.25. The third-order valence-corrected chi connectivity index (χ3v) is 3.93. The summed E-state index contributed by atoms with van der Waals surface area (Å²) >= 11 is 0. The molecule has 0 fully saturated rings. The molecule has 0 bridgehead atoms. The summed E-state index contributed by atoms with van der Waals surface area (Å²) in [6.45, 7) is 7.15. The number of hydrogen-bond acceptors (Lipinski definition) is 4. The minimum Gasteiger partial charge on any atom is -0.312 e. The van der Waals surface area contributed by atoms with Gasteiger partial charge in [0, 0.05) is 18.5 Å². The third-order valence-electron chi connectivity index (χ3n) is 2.86. The lowest BCUT2D eigenvalue weighted by Gasteiger charge is -2.21. The van der Waals surface area contributed by atoms with Crippen LogP contribution in [-0.4, -0.2) is 37.0 Å². The first-order valence-corrected chi connectivity index (χ1v) is 7.73. The standard InChI is InChI=1S/C11H21N3O2S/c1-5-6-12-9(2)10(3)14-8-11(7-13-14)17(4,15)16/h7-10,12H,5-6H2,1-4H3. The fraction of sp³-hybridized carbons (Fsp3) is 0.727. The van der Waals surface area contributed by atoms with Gasteiger partial charge in [-0.15, -0.1) is 0 Å². The van der Waals surface area contributed by atoms with Gasteiger partial charge >= 0.3 is 0 Å². The van der Waals surface area contributed by atoms with E-state index in [-0.39, 0.29) is 17.0 Å². The van der Waals surface area contributed by atoms with Crippen molar-refractivity contribution in [2.45, 2.75) is 44.2 Å². The monoisotopic (exact) mass is 259 g/mol. The van der Waals surface area contributed by atoms with Gasteiger partial charge in [-0.1, -0.05) is 6.92 Å². The molecule has 98 valence electrons. The van der Waals surface area contributed by atoms with Crippen molar-refractivity contribution in [3.63, 3.8) is 0 Å². The van der Waals surface area contributed by atoms with E-state index in [1.165, 1.54) is 12.5 Å². The van der Waals surface area contributed by atoms with Crippen molar-refractivity contribution in [1.82, 2.24) is 15.1 Å². The van der Waals surface area contributed by atoms with Crippen LogP contribution in [0.4, 0.5) is 0 Å². The van der Waals surface area contributed by atoms with Gasteiger partial charge < -0.3 is 5.32 Å². The number of nitrogens with one attached hydrogen (secondary N) is 1. The average Bonchev–Trinajstić information content (AvgIpc) is 2.73. The molecule has 2 atom stereocenters. The van der Waals surface area contributed by atoms with Crippen LogP contribution in [0.3, 0.4) is 0 Å². The molecule has 6 heteroatoms. The molecule has 1 aromatic heterocycles. The van der Waals surface area contributed by atoms with E-state index in [4.69, 9.17) is 0 Å². The number of nitrogens with zero attached hydrogens (tertiary/aromatic N) is 2. The quantitative estimate of drug-likeness (QED) is 0.834. The van der Waals surface area contributed by atoms with Crippen LogP contribution >= 0.6 is 0 Å². The Hall–Kier alpha value is -0.880. The number of rotatable bonds is 6. The Balaban J connectivity index is 2.76. The van der Waals surface area contributed by atoms with E-state index in [9.17, 15) is 8.42 Å². The van der Waals surface area contributed by atoms with E-state index < -0.39 is 9.84 Å². The Morgan fingerprint density at radius 2 is 2.12 bits per heavy atom. The normalized spacial score (nSPS) is 15.8. The Morgan fingerprint density at radius 1 is 1.47 bits per heavy atom. The van der Waals surface area contributed by atoms with Crippen molar-refractivity contribution in [3.8, 4) is 0 Å². The fourth-order valence-electron chi connectivity index (χ4n) is 1.51. The van der Waals surface area contributed by atoms with Crippen LogP contribution in [0.1, 0.15) is 33.2 Å². The minimum absolute atomic E-state index is 0.122. The van der Waals surface area contributed by atoms with E-state index in [1.54, 1.807) is 10.9 Å². The van der Waals surface area contributed by atoms with Gasteiger partial charge in [0.2, 0.25) is 0 Å². The number of aromatic nitrogens is 2. The molecule has 0 aromatic carbocycles. The number of sulfone groups is 1. The molecule has 0 saturated carbocycles. The van der Waals surface area contributed by atoms with E-state index in [1.807, 2.05) is 6.92 Å². The topological polar surface area (TPSA) is 64.0 Å². The van der Waals surface area contributed by atoms with Crippen LogP contribution in [0, 0.1) is 0 Å². The predicted octanol–water partition coefficient (Wildman–Crippen LogP) is 1.24. The zero-order valence-corrected chi connectivity index (χ0v) is 11.7. The minimum atomic E-state index is -3.16. The molecule has 0 amide bonds. The first-order chi connectivity index (χ1) is 7.86. The lowest BCUT2D eigenvalue weighted by atomic mass is 10.2. The maximum Gasteiger partial charge on any atom is 0.178 e. The van der Waals surface area contributed by atoms with Gasteiger partial charge in [-0.3, -0.25) is 4.68 Å². The van der Waals surface area contributed by atoms with E-state index in [0.29, 0.717) is 0 Å². The first-order valence-electron chi connectivity index (χ1n) is 5.84. The predicted molar refractivity (Wildman–Crippen MR) is 67.8 cm³/mol. The van der Waals surface area contributed by atoms with Crippen LogP contribution in [0.5, 0.6) is 0 Å². The summed E-state index contributed by atoms with van der Waals surface area (Å²) in [6, 6.07) is 0.374. The Labute approximate surface area is 103 Å². The molecule has 0 aliphatic heterocycles. The van der Waals surface area contributed by atoms with E-state index >= 15 is 0 Å². The molecule has 0 spiro atoms. The molecule has 17 heavy (non-hydrogen) atoms. The zero-order chi connectivity index (χ0) is 13.1. The Morgan fingerprint density at radius 3 is 2.59 bits per heavy atom. The lowest BCUT2D eigenvalue weighted by Crippen LogP contribution is -2.34. The molecule has 0 radical (unpaired) electrons. The van der Waals surface area contributed by atoms with Crippen molar-refractivity contribution >= 4 is 9.84 Å². The summed E-state index contributed by atoms with van der Waals surface area (Å²) in [5.41, 5.74) is 0. The second-order valence-corrected chi connectivity index (χ2v) is 6.43. The van der Waals surface area contributed by atoms with Gasteiger partial charge in [0.1, 0.15) is 4.90 Å². The first kappa shape index (κ1) is 14.2. The molecular weight excluding hydrogens is 238 g/mol. The van der Waals surface area contributed by atoms with Crippen molar-refractivity contribution in [1.29, 1.82) is 0 Å². The van der Waals surface area contributed by atoms with E-state index in [2.05, 4.69) is 24.3 Å². The highest BCUT2D eigenvalue weighted by molar-refractivity contribution is 7.90. The van der Waals surface area contributed by atoms with Crippen LogP contribution in [-0.2, 0) is 9.84 Å². The molecule has 2 unspecified atom stereocenters. The summed E-state index contributed by atoms with van der Waals surface area (Å²) < 4.78 is 24.4. The number of hydrogen-bond donors (Lipinski definition) is 1. The van der Waals surface area contributed by atoms with Crippen molar-refractivity contribution in [2.24, 2.45) is 0 Å². The molecule has 1 N–H and O–H groups in total. The molecule has 0 aliphatic rings. The van der Waals surface area contributed by atoms with Gasteiger partial charge in [0.25, 0.3) is 0 Å². The average molecular weight is 259 g/mol. The zero-order valence-electron chi connectivity index (χ0n) is 10.8. The highest BCUT2D eigenvalue weighted by Crippen LogP contribution is 2.14. The molecule has 0 aliphatic carbocycles. The summed E-state index contributed by atoms with van der Waals surface area (Å²) in [7, 11) is -3.16. The summed E-state index contributed by atoms with van der Waals surface area (Å²) in [5, 5.41) is 7.48.